The van der Waals surface area contributed by atoms with E-state index in [0.717, 1.165) is 103 Å². The minimum atomic E-state index is -4.41. The smallest absolute Gasteiger partial charge is 0.462 e. The third-order valence-corrected chi connectivity index (χ3v) is 12.8. The molecule has 0 heterocycles. The van der Waals surface area contributed by atoms with Crippen molar-refractivity contribution in [2.24, 2.45) is 0 Å². The zero-order chi connectivity index (χ0) is 55.6. The number of phosphoric acid groups is 1. The first-order valence-electron chi connectivity index (χ1n) is 29.6. The van der Waals surface area contributed by atoms with E-state index in [1.54, 1.807) is 0 Å². The van der Waals surface area contributed by atoms with Crippen LogP contribution in [0.25, 0.3) is 0 Å². The number of hydrogen-bond donors (Lipinski definition) is 1. The Morgan fingerprint density at radius 2 is 0.724 bits per heavy atom. The molecule has 0 rings (SSSR count). The quantitative estimate of drug-likeness (QED) is 0.0211. The topological polar surface area (TPSA) is 108 Å². The first-order chi connectivity index (χ1) is 37.0. The predicted octanol–water partition coefficient (Wildman–Crippen LogP) is 18.7. The maximum absolute atomic E-state index is 12.8. The Balaban J connectivity index is 4.26. The Morgan fingerprint density at radius 3 is 1.09 bits per heavy atom. The highest BCUT2D eigenvalue weighted by atomic mass is 31.2. The van der Waals surface area contributed by atoms with Crippen molar-refractivity contribution in [1.29, 1.82) is 0 Å². The molecule has 2 unspecified atom stereocenters. The van der Waals surface area contributed by atoms with Gasteiger partial charge in [-0.25, -0.2) is 4.57 Å². The molecule has 0 aliphatic carbocycles. The van der Waals surface area contributed by atoms with E-state index in [2.05, 4.69) is 154 Å². The minimum absolute atomic E-state index is 0.0125. The number of phosphoric ester groups is 1. The zero-order valence-corrected chi connectivity index (χ0v) is 49.6. The van der Waals surface area contributed by atoms with E-state index in [4.69, 9.17) is 18.5 Å². The molecule has 0 aliphatic heterocycles. The summed E-state index contributed by atoms with van der Waals surface area (Å²) >= 11 is 0. The van der Waals surface area contributed by atoms with Crippen LogP contribution in [-0.4, -0.2) is 74.9 Å². The summed E-state index contributed by atoms with van der Waals surface area (Å²) in [5, 5.41) is 0. The molecule has 9 nitrogen and oxygen atoms in total. The van der Waals surface area contributed by atoms with Crippen LogP contribution < -0.4 is 0 Å². The average Bonchev–Trinajstić information content (AvgIpc) is 3.38. The molecule has 2 atom stereocenters. The number of nitrogens with zero attached hydrogens (tertiary/aromatic N) is 1. The number of allylic oxidation sites excluding steroid dienone is 24. The molecule has 0 amide bonds. The molecule has 0 spiro atoms. The summed E-state index contributed by atoms with van der Waals surface area (Å²) in [6, 6.07) is 0. The number of rotatable bonds is 52. The Kier molecular flexibility index (Phi) is 52.6. The van der Waals surface area contributed by atoms with Crippen molar-refractivity contribution in [3.63, 3.8) is 0 Å². The van der Waals surface area contributed by atoms with Crippen LogP contribution in [0, 0.1) is 0 Å². The molecule has 0 fully saturated rings. The van der Waals surface area contributed by atoms with Crippen molar-refractivity contribution in [2.75, 3.05) is 47.5 Å². The van der Waals surface area contributed by atoms with E-state index in [0.29, 0.717) is 23.9 Å². The van der Waals surface area contributed by atoms with E-state index in [9.17, 15) is 19.0 Å². The van der Waals surface area contributed by atoms with Gasteiger partial charge in [-0.15, -0.1) is 0 Å². The molecular weight excluding hydrogens is 966 g/mol. The lowest BCUT2D eigenvalue weighted by Gasteiger charge is -2.24. The van der Waals surface area contributed by atoms with Crippen LogP contribution in [0.3, 0.4) is 0 Å². The van der Waals surface area contributed by atoms with Crippen LogP contribution in [0.2, 0.25) is 0 Å². The highest BCUT2D eigenvalue weighted by molar-refractivity contribution is 7.47. The molecule has 1 N–H and O–H groups in total. The first kappa shape index (κ1) is 71.9. The number of carbonyl (C=O) groups excluding carboxylic acids is 2. The highest BCUT2D eigenvalue weighted by Gasteiger charge is 2.27. The Hall–Kier alpha value is -4.11. The molecule has 0 radical (unpaired) electrons. The van der Waals surface area contributed by atoms with Gasteiger partial charge in [0.25, 0.3) is 0 Å². The van der Waals surface area contributed by atoms with E-state index in [1.165, 1.54) is 64.2 Å². The lowest BCUT2D eigenvalue weighted by molar-refractivity contribution is -0.870. The molecule has 430 valence electrons. The molecule has 76 heavy (non-hydrogen) atoms. The van der Waals surface area contributed by atoms with Gasteiger partial charge in [0.2, 0.25) is 0 Å². The molecule has 0 saturated heterocycles. The van der Waals surface area contributed by atoms with Crippen LogP contribution in [0.4, 0.5) is 0 Å². The monoisotopic (exact) mass is 1070 g/mol. The van der Waals surface area contributed by atoms with Gasteiger partial charge >= 0.3 is 19.8 Å². The second-order valence-electron chi connectivity index (χ2n) is 20.3. The summed E-state index contributed by atoms with van der Waals surface area (Å²) in [5.41, 5.74) is 0. The Bertz CT molecular complexity index is 1790. The van der Waals surface area contributed by atoms with Gasteiger partial charge in [-0.3, -0.25) is 18.6 Å². The number of unbranched alkanes of at least 4 members (excludes halogenated alkanes) is 14. The fourth-order valence-electron chi connectivity index (χ4n) is 7.38. The van der Waals surface area contributed by atoms with Gasteiger partial charge in [-0.1, -0.05) is 230 Å². The van der Waals surface area contributed by atoms with Gasteiger partial charge in [-0.2, -0.15) is 0 Å². The Morgan fingerprint density at radius 1 is 0.408 bits per heavy atom. The van der Waals surface area contributed by atoms with Crippen LogP contribution in [0.15, 0.2) is 146 Å². The average molecular weight is 1080 g/mol. The molecule has 0 aromatic rings. The molecule has 10 heteroatoms. The third-order valence-electron chi connectivity index (χ3n) is 11.9. The molecule has 0 aromatic heterocycles. The SMILES string of the molecule is CC/C=C\C/C=C\C/C=C\C/C=C\C/C=C\C/C=C\C/C=C\CCCC(=O)OC(COC(=O)CCCCCCCCCCCCCCC/C=C\C/C=C\C/C=C\C/C=C\C/C=C\CC)COP(=O)(O)OCC[N+](C)(C)C. The standard InChI is InChI=1S/C66H108NO8P/c1-6-8-10-12-14-16-18-20-22-24-26-28-30-31-32-33-34-35-37-38-40-42-44-46-48-50-52-54-56-58-65(68)72-62-64(63-74-76(70,71)73-61-60-67(3,4)5)75-66(69)59-57-55-53-51-49-47-45-43-41-39-36-29-27-25-23-21-19-17-15-13-11-9-7-2/h8-11,14-17,20-23,26-29,31-32,39,41,45,47,51,53,64H,6-7,12-13,18-19,24-25,30,33-38,40,42-44,46,48-50,52,54-63H2,1-5H3/p+1/b10-8-,11-9-,16-14-,17-15-,22-20-,23-21-,28-26-,29-27-,32-31-,41-39-,47-45-,53-51-. The van der Waals surface area contributed by atoms with E-state index in [-0.39, 0.29) is 26.1 Å². The van der Waals surface area contributed by atoms with Gasteiger partial charge in [0.05, 0.1) is 27.7 Å². The molecule has 0 saturated carbocycles. The van der Waals surface area contributed by atoms with Gasteiger partial charge in [0, 0.05) is 12.8 Å². The van der Waals surface area contributed by atoms with Crippen molar-refractivity contribution in [3.8, 4) is 0 Å². The molecule has 0 aromatic carbocycles. The predicted molar refractivity (Wildman–Crippen MR) is 325 cm³/mol. The van der Waals surface area contributed by atoms with E-state index >= 15 is 0 Å². The lowest BCUT2D eigenvalue weighted by atomic mass is 10.0. The van der Waals surface area contributed by atoms with Crippen LogP contribution >= 0.6 is 7.82 Å². The lowest BCUT2D eigenvalue weighted by Crippen LogP contribution is -2.37. The summed E-state index contributed by atoms with van der Waals surface area (Å²) in [6.45, 7) is 4.12. The summed E-state index contributed by atoms with van der Waals surface area (Å²) in [6.07, 6.45) is 82.1. The zero-order valence-electron chi connectivity index (χ0n) is 48.7. The van der Waals surface area contributed by atoms with E-state index < -0.39 is 32.5 Å². The van der Waals surface area contributed by atoms with Crippen molar-refractivity contribution >= 4 is 19.8 Å². The second-order valence-corrected chi connectivity index (χ2v) is 21.7. The van der Waals surface area contributed by atoms with Crippen LogP contribution in [0.1, 0.15) is 206 Å². The molecule has 0 aliphatic rings. The van der Waals surface area contributed by atoms with Crippen molar-refractivity contribution in [3.05, 3.63) is 146 Å². The number of quaternary nitrogens is 1. The highest BCUT2D eigenvalue weighted by Crippen LogP contribution is 2.43. The molecular formula is C66H109NO8P+. The summed E-state index contributed by atoms with van der Waals surface area (Å²) in [5.74, 6) is -0.879. The fraction of sp³-hybridized carbons (Fsp3) is 0.606. The maximum Gasteiger partial charge on any atom is 0.472 e. The number of esters is 2. The normalized spacial score (nSPS) is 14.3. The number of hydrogen-bond acceptors (Lipinski definition) is 7. The van der Waals surface area contributed by atoms with Gasteiger partial charge in [0.15, 0.2) is 6.10 Å². The number of likely N-dealkylation sites (N-methyl/N-ethyl adjacent to an activating group) is 1. The largest absolute Gasteiger partial charge is 0.472 e. The minimum Gasteiger partial charge on any atom is -0.462 e. The molecule has 0 bridgehead atoms. The second kappa shape index (κ2) is 55.6. The summed E-state index contributed by atoms with van der Waals surface area (Å²) < 4.78 is 34.5. The summed E-state index contributed by atoms with van der Waals surface area (Å²) in [4.78, 5) is 35.7. The van der Waals surface area contributed by atoms with Crippen LogP contribution in [0.5, 0.6) is 0 Å². The van der Waals surface area contributed by atoms with E-state index in [1.807, 2.05) is 27.2 Å². The fourth-order valence-corrected chi connectivity index (χ4v) is 8.12. The van der Waals surface area contributed by atoms with Crippen LogP contribution in [-0.2, 0) is 32.7 Å². The maximum atomic E-state index is 12.8. The van der Waals surface area contributed by atoms with Gasteiger partial charge < -0.3 is 18.9 Å². The first-order valence-corrected chi connectivity index (χ1v) is 31.1. The van der Waals surface area contributed by atoms with Gasteiger partial charge in [-0.05, 0) is 109 Å². The van der Waals surface area contributed by atoms with Crippen molar-refractivity contribution in [2.45, 2.75) is 213 Å². The summed E-state index contributed by atoms with van der Waals surface area (Å²) in [7, 11) is 1.42. The number of ether oxygens (including phenoxy) is 2. The van der Waals surface area contributed by atoms with Gasteiger partial charge in [0.1, 0.15) is 19.8 Å². The third kappa shape index (κ3) is 59.1. The van der Waals surface area contributed by atoms with Crippen molar-refractivity contribution < 1.29 is 42.1 Å². The van der Waals surface area contributed by atoms with Crippen molar-refractivity contribution in [1.82, 2.24) is 0 Å². The Labute approximate surface area is 465 Å². The number of carbonyl (C=O) groups is 2.